The number of hydrogen-bond donors (Lipinski definition) is 0. The summed E-state index contributed by atoms with van der Waals surface area (Å²) < 4.78 is 24.4. The zero-order valence-corrected chi connectivity index (χ0v) is 13.7. The molecule has 0 bridgehead atoms. The van der Waals surface area contributed by atoms with E-state index in [0.717, 1.165) is 17.4 Å². The largest absolute Gasteiger partial charge is 0.491 e. The lowest BCUT2D eigenvalue weighted by molar-refractivity contribution is 0.0589. The van der Waals surface area contributed by atoms with Crippen LogP contribution in [0, 0.1) is 12.7 Å². The third kappa shape index (κ3) is 3.94. The van der Waals surface area contributed by atoms with E-state index in [1.165, 1.54) is 25.4 Å². The van der Waals surface area contributed by atoms with Crippen molar-refractivity contribution in [3.8, 4) is 11.4 Å². The molecule has 1 aromatic carbocycles. The molecule has 7 heteroatoms. The molecule has 0 saturated heterocycles. The van der Waals surface area contributed by atoms with Crippen molar-refractivity contribution >= 4 is 5.97 Å². The van der Waals surface area contributed by atoms with Gasteiger partial charge in [0.1, 0.15) is 11.5 Å². The van der Waals surface area contributed by atoms with Gasteiger partial charge in [0, 0.05) is 0 Å². The molecule has 2 rings (SSSR count). The number of benzene rings is 1. The second-order valence-electron chi connectivity index (χ2n) is 4.27. The van der Waals surface area contributed by atoms with E-state index in [2.05, 4.69) is 9.84 Å². The molecule has 0 unspecified atom stereocenters. The van der Waals surface area contributed by atoms with E-state index in [1.54, 1.807) is 13.0 Å². The number of esters is 1. The molecule has 2 aromatic rings. The van der Waals surface area contributed by atoms with Crippen molar-refractivity contribution in [2.24, 2.45) is 0 Å². The summed E-state index contributed by atoms with van der Waals surface area (Å²) in [5.41, 5.74) is -0.296. The van der Waals surface area contributed by atoms with Crippen molar-refractivity contribution in [3.05, 3.63) is 51.7 Å². The minimum atomic E-state index is -0.916. The summed E-state index contributed by atoms with van der Waals surface area (Å²) >= 11 is 0. The second-order valence-corrected chi connectivity index (χ2v) is 4.27. The lowest BCUT2D eigenvalue weighted by atomic mass is 10.2. The standard InChI is InChI=1S/C14H13FN2O4.C2H6/c1-8-4-5-9(15)10(6-8)17-7-11(20-2)13(18)12(16-17)14(19)21-3;1-2/h4-7H,1-3H3;1-2H3. The van der Waals surface area contributed by atoms with E-state index in [4.69, 9.17) is 4.74 Å². The highest BCUT2D eigenvalue weighted by Crippen LogP contribution is 2.16. The van der Waals surface area contributed by atoms with Crippen LogP contribution in [0.5, 0.6) is 5.75 Å². The van der Waals surface area contributed by atoms with Gasteiger partial charge in [-0.05, 0) is 24.6 Å². The fourth-order valence-electron chi connectivity index (χ4n) is 1.77. The van der Waals surface area contributed by atoms with Gasteiger partial charge in [-0.15, -0.1) is 0 Å². The zero-order valence-electron chi connectivity index (χ0n) is 13.7. The lowest BCUT2D eigenvalue weighted by Gasteiger charge is -2.10. The monoisotopic (exact) mass is 322 g/mol. The quantitative estimate of drug-likeness (QED) is 0.812. The van der Waals surface area contributed by atoms with Crippen molar-refractivity contribution < 1.29 is 18.7 Å². The molecule has 0 N–H and O–H groups in total. The highest BCUT2D eigenvalue weighted by Gasteiger charge is 2.19. The normalized spacial score (nSPS) is 9.65. The summed E-state index contributed by atoms with van der Waals surface area (Å²) in [7, 11) is 2.40. The minimum Gasteiger partial charge on any atom is -0.491 e. The van der Waals surface area contributed by atoms with E-state index < -0.39 is 22.9 Å². The van der Waals surface area contributed by atoms with E-state index in [1.807, 2.05) is 13.8 Å². The van der Waals surface area contributed by atoms with Crippen molar-refractivity contribution in [1.82, 2.24) is 9.78 Å². The van der Waals surface area contributed by atoms with E-state index in [9.17, 15) is 14.0 Å². The maximum absolute atomic E-state index is 13.9. The Labute approximate surface area is 133 Å². The van der Waals surface area contributed by atoms with Crippen molar-refractivity contribution in [1.29, 1.82) is 0 Å². The van der Waals surface area contributed by atoms with Crippen molar-refractivity contribution in [3.63, 3.8) is 0 Å². The van der Waals surface area contributed by atoms with Crippen LogP contribution in [0.3, 0.4) is 0 Å². The Kier molecular flexibility index (Phi) is 6.44. The molecule has 0 radical (unpaired) electrons. The van der Waals surface area contributed by atoms with Gasteiger partial charge in [0.2, 0.25) is 5.69 Å². The number of methoxy groups -OCH3 is 2. The average Bonchev–Trinajstić information content (AvgIpc) is 2.58. The molecule has 0 saturated carbocycles. The van der Waals surface area contributed by atoms with Crippen LogP contribution in [0.4, 0.5) is 4.39 Å². The topological polar surface area (TPSA) is 70.4 Å². The molecule has 0 atom stereocenters. The zero-order chi connectivity index (χ0) is 17.6. The second kappa shape index (κ2) is 8.07. The van der Waals surface area contributed by atoms with Gasteiger partial charge in [0.15, 0.2) is 5.75 Å². The number of aromatic nitrogens is 2. The molecule has 124 valence electrons. The predicted molar refractivity (Wildman–Crippen MR) is 83.8 cm³/mol. The molecule has 1 aromatic heterocycles. The molecule has 0 fully saturated rings. The SMILES string of the molecule is CC.COC(=O)c1nn(-c2cc(C)ccc2F)cc(OC)c1=O. The first kappa shape index (κ1) is 18.3. The number of ether oxygens (including phenoxy) is 2. The average molecular weight is 322 g/mol. The van der Waals surface area contributed by atoms with Crippen LogP contribution in [0.15, 0.2) is 29.2 Å². The van der Waals surface area contributed by atoms with Crippen LogP contribution < -0.4 is 10.2 Å². The minimum absolute atomic E-state index is 0.0958. The van der Waals surface area contributed by atoms with Gasteiger partial charge in [-0.3, -0.25) is 4.79 Å². The predicted octanol–water partition coefficient (Wildman–Crippen LogP) is 2.50. The van der Waals surface area contributed by atoms with Crippen LogP contribution in [0.1, 0.15) is 29.9 Å². The third-order valence-corrected chi connectivity index (χ3v) is 2.83. The van der Waals surface area contributed by atoms with Crippen molar-refractivity contribution in [2.45, 2.75) is 20.8 Å². The van der Waals surface area contributed by atoms with Crippen molar-refractivity contribution in [2.75, 3.05) is 14.2 Å². The Morgan fingerprint density at radius 1 is 1.26 bits per heavy atom. The van der Waals surface area contributed by atoms with Crippen LogP contribution in [-0.2, 0) is 4.74 Å². The van der Waals surface area contributed by atoms with Crippen LogP contribution in [0.2, 0.25) is 0 Å². The highest BCUT2D eigenvalue weighted by molar-refractivity contribution is 5.87. The first-order valence-corrected chi connectivity index (χ1v) is 7.00. The Bertz CT molecular complexity index is 756. The number of nitrogens with zero attached hydrogens (tertiary/aromatic N) is 2. The van der Waals surface area contributed by atoms with Crippen LogP contribution >= 0.6 is 0 Å². The summed E-state index contributed by atoms with van der Waals surface area (Å²) in [6, 6.07) is 4.40. The first-order chi connectivity index (χ1) is 11.0. The van der Waals surface area contributed by atoms with Gasteiger partial charge in [-0.1, -0.05) is 19.9 Å². The summed E-state index contributed by atoms with van der Waals surface area (Å²) in [6.07, 6.45) is 1.21. The smallest absolute Gasteiger partial charge is 0.362 e. The number of carbonyl (C=O) groups is 1. The maximum atomic E-state index is 13.9. The van der Waals surface area contributed by atoms with E-state index in [-0.39, 0.29) is 11.4 Å². The number of aryl methyl sites for hydroxylation is 1. The molecule has 0 amide bonds. The number of hydrogen-bond acceptors (Lipinski definition) is 5. The molecular weight excluding hydrogens is 303 g/mol. The van der Waals surface area contributed by atoms with E-state index in [0.29, 0.717) is 0 Å². The maximum Gasteiger partial charge on any atom is 0.362 e. The van der Waals surface area contributed by atoms with Gasteiger partial charge in [-0.2, -0.15) is 5.10 Å². The Balaban J connectivity index is 0.00000127. The summed E-state index contributed by atoms with van der Waals surface area (Å²) in [4.78, 5) is 23.5. The number of rotatable bonds is 3. The Morgan fingerprint density at radius 3 is 2.48 bits per heavy atom. The van der Waals surface area contributed by atoms with Crippen LogP contribution in [0.25, 0.3) is 5.69 Å². The highest BCUT2D eigenvalue weighted by atomic mass is 19.1. The Morgan fingerprint density at radius 2 is 1.91 bits per heavy atom. The van der Waals surface area contributed by atoms with Crippen LogP contribution in [-0.4, -0.2) is 30.0 Å². The number of halogens is 1. The molecule has 6 nitrogen and oxygen atoms in total. The fraction of sp³-hybridized carbons (Fsp3) is 0.312. The fourth-order valence-corrected chi connectivity index (χ4v) is 1.77. The summed E-state index contributed by atoms with van der Waals surface area (Å²) in [5, 5.41) is 3.83. The Hall–Kier alpha value is -2.70. The first-order valence-electron chi connectivity index (χ1n) is 7.00. The molecule has 0 aliphatic rings. The molecule has 1 heterocycles. The molecule has 0 aliphatic heterocycles. The lowest BCUT2D eigenvalue weighted by Crippen LogP contribution is -2.24. The van der Waals surface area contributed by atoms with Gasteiger partial charge in [-0.25, -0.2) is 13.9 Å². The van der Waals surface area contributed by atoms with Gasteiger partial charge in [0.25, 0.3) is 5.43 Å². The molecule has 23 heavy (non-hydrogen) atoms. The van der Waals surface area contributed by atoms with Gasteiger partial charge < -0.3 is 9.47 Å². The molecular formula is C16H19FN2O4. The van der Waals surface area contributed by atoms with E-state index >= 15 is 0 Å². The van der Waals surface area contributed by atoms with Gasteiger partial charge in [0.05, 0.1) is 20.4 Å². The summed E-state index contributed by atoms with van der Waals surface area (Å²) in [5.74, 6) is -1.60. The third-order valence-electron chi connectivity index (χ3n) is 2.83. The van der Waals surface area contributed by atoms with Gasteiger partial charge >= 0.3 is 5.97 Å². The molecule has 0 aliphatic carbocycles. The number of carbonyl (C=O) groups excluding carboxylic acids is 1. The summed E-state index contributed by atoms with van der Waals surface area (Å²) in [6.45, 7) is 5.78. The molecule has 0 spiro atoms.